The van der Waals surface area contributed by atoms with E-state index in [9.17, 15) is 0 Å². The third-order valence-corrected chi connectivity index (χ3v) is 4.60. The van der Waals surface area contributed by atoms with Gasteiger partial charge in [-0.15, -0.1) is 23.2 Å². The summed E-state index contributed by atoms with van der Waals surface area (Å²) in [5.41, 5.74) is 2.39. The second-order valence-corrected chi connectivity index (χ2v) is 6.44. The van der Waals surface area contributed by atoms with Gasteiger partial charge in [0.15, 0.2) is 0 Å². The van der Waals surface area contributed by atoms with Crippen LogP contribution in [0.25, 0.3) is 0 Å². The van der Waals surface area contributed by atoms with Gasteiger partial charge in [0.2, 0.25) is 0 Å². The van der Waals surface area contributed by atoms with Crippen LogP contribution in [0, 0.1) is 0 Å². The topological polar surface area (TPSA) is 0 Å². The summed E-state index contributed by atoms with van der Waals surface area (Å²) in [6.07, 6.45) is 8.36. The Morgan fingerprint density at radius 2 is 1.00 bits per heavy atom. The molecule has 0 fully saturated rings. The SMILES string of the molecule is ClC(CC/C=C/CCC(Cl)c1ccccc1)c1ccccc1. The van der Waals surface area contributed by atoms with Gasteiger partial charge in [0.1, 0.15) is 0 Å². The summed E-state index contributed by atoms with van der Waals surface area (Å²) in [5.74, 6) is 0. The van der Waals surface area contributed by atoms with Crippen LogP contribution in [-0.2, 0) is 0 Å². The first-order chi connectivity index (χ1) is 10.8. The molecule has 116 valence electrons. The fourth-order valence-corrected chi connectivity index (χ4v) is 2.92. The van der Waals surface area contributed by atoms with E-state index < -0.39 is 0 Å². The Balaban J connectivity index is 1.64. The largest absolute Gasteiger partial charge is 0.118 e. The van der Waals surface area contributed by atoms with Crippen LogP contribution in [0.4, 0.5) is 0 Å². The average Bonchev–Trinajstić information content (AvgIpc) is 2.59. The van der Waals surface area contributed by atoms with E-state index in [1.54, 1.807) is 0 Å². The Hall–Kier alpha value is -1.24. The summed E-state index contributed by atoms with van der Waals surface area (Å²) in [6, 6.07) is 20.5. The first kappa shape index (κ1) is 17.1. The van der Waals surface area contributed by atoms with Crippen LogP contribution < -0.4 is 0 Å². The van der Waals surface area contributed by atoms with Gasteiger partial charge in [-0.1, -0.05) is 72.8 Å². The van der Waals surface area contributed by atoms with Gasteiger partial charge >= 0.3 is 0 Å². The molecular weight excluding hydrogens is 311 g/mol. The molecule has 0 saturated carbocycles. The smallest absolute Gasteiger partial charge is 0.0588 e. The third-order valence-electron chi connectivity index (χ3n) is 3.66. The van der Waals surface area contributed by atoms with Crippen LogP contribution >= 0.6 is 23.2 Å². The van der Waals surface area contributed by atoms with Crippen molar-refractivity contribution in [1.29, 1.82) is 0 Å². The van der Waals surface area contributed by atoms with Crippen LogP contribution in [0.2, 0.25) is 0 Å². The van der Waals surface area contributed by atoms with Gasteiger partial charge in [0.05, 0.1) is 10.8 Å². The van der Waals surface area contributed by atoms with Gasteiger partial charge in [0.25, 0.3) is 0 Å². The predicted molar refractivity (Wildman–Crippen MR) is 97.7 cm³/mol. The molecular formula is C20H22Cl2. The fraction of sp³-hybridized carbons (Fsp3) is 0.300. The van der Waals surface area contributed by atoms with Crippen LogP contribution in [0.1, 0.15) is 47.6 Å². The highest BCUT2D eigenvalue weighted by atomic mass is 35.5. The molecule has 0 amide bonds. The molecule has 0 radical (unpaired) electrons. The molecule has 0 N–H and O–H groups in total. The van der Waals surface area contributed by atoms with Crippen molar-refractivity contribution in [3.63, 3.8) is 0 Å². The zero-order chi connectivity index (χ0) is 15.6. The van der Waals surface area contributed by atoms with Crippen molar-refractivity contribution < 1.29 is 0 Å². The monoisotopic (exact) mass is 332 g/mol. The van der Waals surface area contributed by atoms with E-state index >= 15 is 0 Å². The van der Waals surface area contributed by atoms with Gasteiger partial charge < -0.3 is 0 Å². The molecule has 0 nitrogen and oxygen atoms in total. The highest BCUT2D eigenvalue weighted by molar-refractivity contribution is 6.21. The first-order valence-electron chi connectivity index (χ1n) is 7.80. The van der Waals surface area contributed by atoms with E-state index in [0.717, 1.165) is 25.7 Å². The van der Waals surface area contributed by atoms with Gasteiger partial charge in [-0.3, -0.25) is 0 Å². The molecule has 2 aromatic rings. The van der Waals surface area contributed by atoms with Gasteiger partial charge in [-0.05, 0) is 36.8 Å². The maximum Gasteiger partial charge on any atom is 0.0588 e. The maximum absolute atomic E-state index is 6.39. The minimum absolute atomic E-state index is 0.0935. The molecule has 0 aromatic heterocycles. The number of hydrogen-bond acceptors (Lipinski definition) is 0. The van der Waals surface area contributed by atoms with Crippen LogP contribution in [0.15, 0.2) is 72.8 Å². The van der Waals surface area contributed by atoms with E-state index in [2.05, 4.69) is 36.4 Å². The van der Waals surface area contributed by atoms with Crippen molar-refractivity contribution in [3.8, 4) is 0 Å². The van der Waals surface area contributed by atoms with E-state index in [4.69, 9.17) is 23.2 Å². The lowest BCUT2D eigenvalue weighted by Gasteiger charge is -2.08. The van der Waals surface area contributed by atoms with Gasteiger partial charge in [0, 0.05) is 0 Å². The Kier molecular flexibility index (Phi) is 7.56. The average molecular weight is 333 g/mol. The van der Waals surface area contributed by atoms with Crippen LogP contribution in [-0.4, -0.2) is 0 Å². The highest BCUT2D eigenvalue weighted by Crippen LogP contribution is 2.27. The summed E-state index contributed by atoms with van der Waals surface area (Å²) in [6.45, 7) is 0. The lowest BCUT2D eigenvalue weighted by molar-refractivity contribution is 0.791. The van der Waals surface area contributed by atoms with E-state index in [1.807, 2.05) is 36.4 Å². The summed E-state index contributed by atoms with van der Waals surface area (Å²) in [4.78, 5) is 0. The van der Waals surface area contributed by atoms with E-state index in [-0.39, 0.29) is 10.8 Å². The maximum atomic E-state index is 6.39. The second kappa shape index (κ2) is 9.71. The molecule has 0 heterocycles. The molecule has 0 aliphatic heterocycles. The summed E-state index contributed by atoms with van der Waals surface area (Å²) < 4.78 is 0. The minimum atomic E-state index is 0.0935. The van der Waals surface area contributed by atoms with Crippen molar-refractivity contribution in [2.24, 2.45) is 0 Å². The molecule has 2 atom stereocenters. The van der Waals surface area contributed by atoms with Crippen molar-refractivity contribution in [2.75, 3.05) is 0 Å². The molecule has 2 rings (SSSR count). The standard InChI is InChI=1S/C20H22Cl2/c21-19(17-11-5-3-6-12-17)15-9-1-2-10-16-20(22)18-13-7-4-8-14-18/h1-8,11-14,19-20H,9-10,15-16H2/b2-1+. The first-order valence-corrected chi connectivity index (χ1v) is 8.67. The number of halogens is 2. The molecule has 0 bridgehead atoms. The Morgan fingerprint density at radius 1 is 0.636 bits per heavy atom. The Bertz CT molecular complexity index is 497. The lowest BCUT2D eigenvalue weighted by Crippen LogP contribution is -1.90. The molecule has 2 unspecified atom stereocenters. The Labute approximate surface area is 143 Å². The van der Waals surface area contributed by atoms with E-state index in [0.29, 0.717) is 0 Å². The molecule has 22 heavy (non-hydrogen) atoms. The predicted octanol–water partition coefficient (Wildman–Crippen LogP) is 7.06. The fourth-order valence-electron chi connectivity index (χ4n) is 2.38. The van der Waals surface area contributed by atoms with Crippen molar-refractivity contribution in [1.82, 2.24) is 0 Å². The summed E-state index contributed by atoms with van der Waals surface area (Å²) in [5, 5.41) is 0.187. The zero-order valence-corrected chi connectivity index (χ0v) is 14.2. The minimum Gasteiger partial charge on any atom is -0.118 e. The number of benzene rings is 2. The van der Waals surface area contributed by atoms with Crippen molar-refractivity contribution >= 4 is 23.2 Å². The van der Waals surface area contributed by atoms with E-state index in [1.165, 1.54) is 11.1 Å². The van der Waals surface area contributed by atoms with Gasteiger partial charge in [-0.2, -0.15) is 0 Å². The van der Waals surface area contributed by atoms with Crippen molar-refractivity contribution in [2.45, 2.75) is 36.4 Å². The number of rotatable bonds is 8. The molecule has 0 aliphatic carbocycles. The molecule has 0 aliphatic rings. The lowest BCUT2D eigenvalue weighted by atomic mass is 10.1. The summed E-state index contributed by atoms with van der Waals surface area (Å²) >= 11 is 12.8. The number of alkyl halides is 2. The Morgan fingerprint density at radius 3 is 1.36 bits per heavy atom. The normalized spacial score (nSPS) is 14.1. The van der Waals surface area contributed by atoms with Crippen LogP contribution in [0.5, 0.6) is 0 Å². The molecule has 0 saturated heterocycles. The number of hydrogen-bond donors (Lipinski definition) is 0. The summed E-state index contributed by atoms with van der Waals surface area (Å²) in [7, 11) is 0. The molecule has 2 heteroatoms. The van der Waals surface area contributed by atoms with Crippen molar-refractivity contribution in [3.05, 3.63) is 83.9 Å². The van der Waals surface area contributed by atoms with Gasteiger partial charge in [-0.25, -0.2) is 0 Å². The third kappa shape index (κ3) is 5.87. The molecule has 2 aromatic carbocycles. The second-order valence-electron chi connectivity index (χ2n) is 5.38. The zero-order valence-electron chi connectivity index (χ0n) is 12.7. The highest BCUT2D eigenvalue weighted by Gasteiger charge is 2.06. The van der Waals surface area contributed by atoms with Crippen LogP contribution in [0.3, 0.4) is 0 Å². The number of allylic oxidation sites excluding steroid dienone is 2. The molecule has 0 spiro atoms. The quantitative estimate of drug-likeness (QED) is 0.358.